The second kappa shape index (κ2) is 6.85. The zero-order valence-electron chi connectivity index (χ0n) is 13.8. The third-order valence-corrected chi connectivity index (χ3v) is 4.93. The second-order valence-electron chi connectivity index (χ2n) is 7.00. The van der Waals surface area contributed by atoms with Crippen molar-refractivity contribution < 1.29 is 9.90 Å². The number of likely N-dealkylation sites (tertiary alicyclic amines) is 1. The van der Waals surface area contributed by atoms with E-state index in [2.05, 4.69) is 29.2 Å². The molecule has 0 bridgehead atoms. The smallest absolute Gasteiger partial charge is 0.226 e. The van der Waals surface area contributed by atoms with E-state index in [1.165, 1.54) is 5.56 Å². The molecular formula is C19H26N2O2. The number of nitrogens with zero attached hydrogens (tertiary/aromatic N) is 2. The molecule has 4 heteroatoms. The molecule has 1 aliphatic carbocycles. The van der Waals surface area contributed by atoms with Crippen LogP contribution in [-0.4, -0.2) is 53.1 Å². The van der Waals surface area contributed by atoms with E-state index >= 15 is 0 Å². The fourth-order valence-electron chi connectivity index (χ4n) is 3.70. The fraction of sp³-hybridized carbons (Fsp3) is 0.526. The van der Waals surface area contributed by atoms with Gasteiger partial charge in [0.1, 0.15) is 0 Å². The highest BCUT2D eigenvalue weighted by Crippen LogP contribution is 2.26. The van der Waals surface area contributed by atoms with Gasteiger partial charge in [-0.25, -0.2) is 0 Å². The minimum absolute atomic E-state index is 0.0745. The lowest BCUT2D eigenvalue weighted by atomic mass is 10.0. The predicted molar refractivity (Wildman–Crippen MR) is 90.8 cm³/mol. The van der Waals surface area contributed by atoms with Crippen LogP contribution in [0.25, 0.3) is 0 Å². The standard InChI is InChI=1S/C19H26N2O2/c1-20(18(22)17-9-5-6-10-17)14-19(23)11-12-21(15-19)13-16-7-3-2-4-8-16/h2-8,17,23H,9-15H2,1H3/t19-/m0/s1. The summed E-state index contributed by atoms with van der Waals surface area (Å²) in [6.45, 7) is 2.78. The Morgan fingerprint density at radius 3 is 2.70 bits per heavy atom. The van der Waals surface area contributed by atoms with Gasteiger partial charge in [-0.15, -0.1) is 0 Å². The first-order chi connectivity index (χ1) is 11.1. The van der Waals surface area contributed by atoms with Crippen molar-refractivity contribution in [2.75, 3.05) is 26.7 Å². The van der Waals surface area contributed by atoms with E-state index in [1.54, 1.807) is 4.90 Å². The average Bonchev–Trinajstić information content (AvgIpc) is 3.18. The molecule has 3 rings (SSSR count). The summed E-state index contributed by atoms with van der Waals surface area (Å²) in [4.78, 5) is 16.4. The molecule has 4 nitrogen and oxygen atoms in total. The first kappa shape index (κ1) is 16.2. The zero-order valence-corrected chi connectivity index (χ0v) is 13.8. The van der Waals surface area contributed by atoms with Gasteiger partial charge in [-0.3, -0.25) is 9.69 Å². The van der Waals surface area contributed by atoms with Crippen LogP contribution in [0.2, 0.25) is 0 Å². The van der Waals surface area contributed by atoms with Gasteiger partial charge < -0.3 is 10.0 Å². The monoisotopic (exact) mass is 314 g/mol. The van der Waals surface area contributed by atoms with Gasteiger partial charge in [-0.2, -0.15) is 0 Å². The van der Waals surface area contributed by atoms with Crippen molar-refractivity contribution in [2.24, 2.45) is 5.92 Å². The van der Waals surface area contributed by atoms with Crippen molar-refractivity contribution in [2.45, 2.75) is 31.4 Å². The molecule has 2 aliphatic rings. The number of aliphatic hydroxyl groups is 1. The molecular weight excluding hydrogens is 288 g/mol. The highest BCUT2D eigenvalue weighted by molar-refractivity contribution is 5.79. The quantitative estimate of drug-likeness (QED) is 0.846. The lowest BCUT2D eigenvalue weighted by Crippen LogP contribution is -2.47. The molecule has 0 aromatic heterocycles. The Kier molecular flexibility index (Phi) is 4.83. The molecule has 1 aliphatic heterocycles. The molecule has 0 spiro atoms. The Balaban J connectivity index is 1.52. The van der Waals surface area contributed by atoms with Crippen molar-refractivity contribution >= 4 is 5.91 Å². The van der Waals surface area contributed by atoms with Crippen LogP contribution in [-0.2, 0) is 11.3 Å². The molecule has 1 saturated heterocycles. The number of benzene rings is 1. The molecule has 0 radical (unpaired) electrons. The van der Waals surface area contributed by atoms with Gasteiger partial charge in [0.25, 0.3) is 0 Å². The third kappa shape index (κ3) is 4.01. The minimum Gasteiger partial charge on any atom is -0.387 e. The molecule has 0 saturated carbocycles. The van der Waals surface area contributed by atoms with E-state index in [-0.39, 0.29) is 11.8 Å². The van der Waals surface area contributed by atoms with Gasteiger partial charge in [0, 0.05) is 32.6 Å². The maximum absolute atomic E-state index is 12.4. The number of β-amino-alcohol motifs (C(OH)–C–C–N with tert-alkyl or cyclic N) is 1. The van der Waals surface area contributed by atoms with Crippen LogP contribution in [0.4, 0.5) is 0 Å². The minimum atomic E-state index is -0.786. The number of carbonyl (C=O) groups is 1. The highest BCUT2D eigenvalue weighted by Gasteiger charge is 2.38. The summed E-state index contributed by atoms with van der Waals surface area (Å²) in [7, 11) is 1.82. The molecule has 1 heterocycles. The molecule has 1 aromatic rings. The van der Waals surface area contributed by atoms with Gasteiger partial charge in [0.2, 0.25) is 5.91 Å². The maximum Gasteiger partial charge on any atom is 0.226 e. The van der Waals surface area contributed by atoms with Crippen molar-refractivity contribution in [1.29, 1.82) is 0 Å². The SMILES string of the molecule is CN(C[C@@]1(O)CCN(Cc2ccccc2)C1)C(=O)C1CC=CC1. The Labute approximate surface area is 138 Å². The van der Waals surface area contributed by atoms with E-state index in [1.807, 2.05) is 25.2 Å². The number of rotatable bonds is 5. The van der Waals surface area contributed by atoms with Crippen LogP contribution in [0.3, 0.4) is 0 Å². The second-order valence-corrected chi connectivity index (χ2v) is 7.00. The van der Waals surface area contributed by atoms with Gasteiger partial charge in [-0.05, 0) is 24.8 Å². The van der Waals surface area contributed by atoms with Gasteiger partial charge in [0.15, 0.2) is 0 Å². The van der Waals surface area contributed by atoms with Crippen LogP contribution < -0.4 is 0 Å². The number of likely N-dealkylation sites (N-methyl/N-ethyl adjacent to an activating group) is 1. The highest BCUT2D eigenvalue weighted by atomic mass is 16.3. The predicted octanol–water partition coefficient (Wildman–Crippen LogP) is 2.05. The molecule has 1 aromatic carbocycles. The maximum atomic E-state index is 12.4. The van der Waals surface area contributed by atoms with Gasteiger partial charge >= 0.3 is 0 Å². The summed E-state index contributed by atoms with van der Waals surface area (Å²) in [5.74, 6) is 0.232. The average molecular weight is 314 g/mol. The summed E-state index contributed by atoms with van der Waals surface area (Å²) in [5, 5.41) is 10.9. The number of amides is 1. The molecule has 1 atom stereocenters. The first-order valence-corrected chi connectivity index (χ1v) is 8.44. The normalized spacial score (nSPS) is 25.1. The summed E-state index contributed by atoms with van der Waals surface area (Å²) in [5.41, 5.74) is 0.476. The van der Waals surface area contributed by atoms with Crippen LogP contribution in [0.1, 0.15) is 24.8 Å². The van der Waals surface area contributed by atoms with Gasteiger partial charge in [-0.1, -0.05) is 42.5 Å². The fourth-order valence-corrected chi connectivity index (χ4v) is 3.70. The summed E-state index contributed by atoms with van der Waals surface area (Å²) in [6, 6.07) is 10.3. The lowest BCUT2D eigenvalue weighted by Gasteiger charge is -2.30. The zero-order chi connectivity index (χ0) is 16.3. The number of hydrogen-bond donors (Lipinski definition) is 1. The molecule has 23 heavy (non-hydrogen) atoms. The van der Waals surface area contributed by atoms with E-state index < -0.39 is 5.60 Å². The Morgan fingerprint density at radius 1 is 1.30 bits per heavy atom. The summed E-state index contributed by atoms with van der Waals surface area (Å²) >= 11 is 0. The Hall–Kier alpha value is -1.65. The molecule has 1 N–H and O–H groups in total. The number of carbonyl (C=O) groups excluding carboxylic acids is 1. The third-order valence-electron chi connectivity index (χ3n) is 4.93. The van der Waals surface area contributed by atoms with Crippen LogP contribution in [0.5, 0.6) is 0 Å². The van der Waals surface area contributed by atoms with Crippen molar-refractivity contribution in [1.82, 2.24) is 9.80 Å². The number of allylic oxidation sites excluding steroid dienone is 2. The van der Waals surface area contributed by atoms with Gasteiger partial charge in [0.05, 0.1) is 12.1 Å². The van der Waals surface area contributed by atoms with E-state index in [0.717, 1.165) is 32.4 Å². The van der Waals surface area contributed by atoms with Crippen molar-refractivity contribution in [3.63, 3.8) is 0 Å². The summed E-state index contributed by atoms with van der Waals surface area (Å²) < 4.78 is 0. The molecule has 124 valence electrons. The van der Waals surface area contributed by atoms with Crippen molar-refractivity contribution in [3.05, 3.63) is 48.0 Å². The molecule has 1 amide bonds. The van der Waals surface area contributed by atoms with E-state index in [9.17, 15) is 9.90 Å². The molecule has 0 unspecified atom stereocenters. The largest absolute Gasteiger partial charge is 0.387 e. The Bertz CT molecular complexity index is 564. The van der Waals surface area contributed by atoms with E-state index in [0.29, 0.717) is 13.1 Å². The topological polar surface area (TPSA) is 43.8 Å². The first-order valence-electron chi connectivity index (χ1n) is 8.44. The number of hydrogen-bond acceptors (Lipinski definition) is 3. The lowest BCUT2D eigenvalue weighted by molar-refractivity contribution is -0.136. The summed E-state index contributed by atoms with van der Waals surface area (Å²) in [6.07, 6.45) is 6.54. The van der Waals surface area contributed by atoms with Crippen LogP contribution >= 0.6 is 0 Å². The van der Waals surface area contributed by atoms with Crippen LogP contribution in [0.15, 0.2) is 42.5 Å². The van der Waals surface area contributed by atoms with Crippen molar-refractivity contribution in [3.8, 4) is 0 Å². The molecule has 1 fully saturated rings. The van der Waals surface area contributed by atoms with Crippen LogP contribution in [0, 0.1) is 5.92 Å². The Morgan fingerprint density at radius 2 is 2.00 bits per heavy atom. The van der Waals surface area contributed by atoms with E-state index in [4.69, 9.17) is 0 Å².